The van der Waals surface area contributed by atoms with Gasteiger partial charge in [0.25, 0.3) is 0 Å². The van der Waals surface area contributed by atoms with E-state index in [1.165, 1.54) is 11.1 Å². The zero-order valence-electron chi connectivity index (χ0n) is 21.3. The van der Waals surface area contributed by atoms with Crippen LogP contribution >= 0.6 is 60.4 Å². The molecule has 1 fully saturated rings. The van der Waals surface area contributed by atoms with Crippen LogP contribution in [0.4, 0.5) is 0 Å². The maximum atomic E-state index is 6.19. The first kappa shape index (κ1) is 32.5. The molecule has 0 spiro atoms. The Kier molecular flexibility index (Phi) is 12.4. The molecule has 1 aliphatic rings. The molecule has 204 valence electrons. The predicted octanol–water partition coefficient (Wildman–Crippen LogP) is 8.43. The summed E-state index contributed by atoms with van der Waals surface area (Å²) in [6.07, 6.45) is 0. The highest BCUT2D eigenvalue weighted by Gasteiger charge is 2.30. The second-order valence-electron chi connectivity index (χ2n) is 9.22. The summed E-state index contributed by atoms with van der Waals surface area (Å²) in [6.45, 7) is 8.28. The number of imidazole rings is 1. The first-order valence-electron chi connectivity index (χ1n) is 12.1. The zero-order valence-corrected chi connectivity index (χ0v) is 25.3. The molecule has 5 rings (SSSR count). The van der Waals surface area contributed by atoms with Gasteiger partial charge in [-0.3, -0.25) is 9.80 Å². The molecule has 0 radical (unpaired) electrons. The second-order valence-corrected chi connectivity index (χ2v) is 10.1. The Hall–Kier alpha value is -1.76. The SMILES string of the molecule is Cc1[nH]c(-c2ccccc2)nc1C(C)N1CCN(C(c2ccc(Cl)cc2)c2ccc(Cl)cc2)CC1.Cl.Cl.Cl. The largest absolute Gasteiger partial charge is 0.342 e. The molecule has 4 aromatic rings. The summed E-state index contributed by atoms with van der Waals surface area (Å²) in [7, 11) is 0. The minimum atomic E-state index is 0. The molecule has 1 unspecified atom stereocenters. The molecule has 2 heterocycles. The third-order valence-corrected chi connectivity index (χ3v) is 7.50. The van der Waals surface area contributed by atoms with Gasteiger partial charge in [0.15, 0.2) is 0 Å². The van der Waals surface area contributed by atoms with E-state index >= 15 is 0 Å². The number of hydrogen-bond donors (Lipinski definition) is 1. The minimum absolute atomic E-state index is 0. The van der Waals surface area contributed by atoms with Crippen molar-refractivity contribution in [1.29, 1.82) is 0 Å². The van der Waals surface area contributed by atoms with Crippen molar-refractivity contribution in [3.8, 4) is 11.4 Å². The van der Waals surface area contributed by atoms with Crippen molar-refractivity contribution in [3.63, 3.8) is 0 Å². The summed E-state index contributed by atoms with van der Waals surface area (Å²) in [6, 6.07) is 27.2. The van der Waals surface area contributed by atoms with Crippen LogP contribution < -0.4 is 0 Å². The third-order valence-electron chi connectivity index (χ3n) is 7.00. The molecule has 38 heavy (non-hydrogen) atoms. The van der Waals surface area contributed by atoms with Crippen LogP contribution in [0.1, 0.15) is 41.5 Å². The minimum Gasteiger partial charge on any atom is -0.342 e. The zero-order chi connectivity index (χ0) is 24.4. The molecule has 9 heteroatoms. The fourth-order valence-corrected chi connectivity index (χ4v) is 5.33. The quantitative estimate of drug-likeness (QED) is 0.237. The summed E-state index contributed by atoms with van der Waals surface area (Å²) >= 11 is 12.4. The Balaban J connectivity index is 0.00000169. The lowest BCUT2D eigenvalue weighted by atomic mass is 9.96. The first-order valence-corrected chi connectivity index (χ1v) is 12.9. The number of H-pyrrole nitrogens is 1. The van der Waals surface area contributed by atoms with Crippen LogP contribution in [0, 0.1) is 6.92 Å². The lowest BCUT2D eigenvalue weighted by molar-refractivity contribution is 0.0826. The number of aromatic amines is 1. The fraction of sp³-hybridized carbons (Fsp3) is 0.276. The molecule has 0 bridgehead atoms. The number of nitrogens with zero attached hydrogens (tertiary/aromatic N) is 3. The van der Waals surface area contributed by atoms with Crippen molar-refractivity contribution >= 4 is 60.4 Å². The van der Waals surface area contributed by atoms with Gasteiger partial charge >= 0.3 is 0 Å². The van der Waals surface area contributed by atoms with Gasteiger partial charge in [-0.1, -0.05) is 77.8 Å². The van der Waals surface area contributed by atoms with Gasteiger partial charge in [-0.2, -0.15) is 0 Å². The van der Waals surface area contributed by atoms with Crippen molar-refractivity contribution in [2.45, 2.75) is 25.9 Å². The van der Waals surface area contributed by atoms with Crippen LogP contribution in [0.15, 0.2) is 78.9 Å². The maximum Gasteiger partial charge on any atom is 0.137 e. The maximum absolute atomic E-state index is 6.19. The second kappa shape index (κ2) is 14.6. The summed E-state index contributed by atoms with van der Waals surface area (Å²) < 4.78 is 0. The van der Waals surface area contributed by atoms with E-state index in [1.54, 1.807) is 0 Å². The van der Waals surface area contributed by atoms with Crippen molar-refractivity contribution in [3.05, 3.63) is 111 Å². The number of aryl methyl sites for hydroxylation is 1. The number of halogens is 5. The topological polar surface area (TPSA) is 35.2 Å². The van der Waals surface area contributed by atoms with Crippen LogP contribution in [0.3, 0.4) is 0 Å². The smallest absolute Gasteiger partial charge is 0.137 e. The van der Waals surface area contributed by atoms with Crippen molar-refractivity contribution in [1.82, 2.24) is 19.8 Å². The molecule has 1 N–H and O–H groups in total. The monoisotopic (exact) mass is 612 g/mol. The Morgan fingerprint density at radius 2 is 1.18 bits per heavy atom. The number of hydrogen-bond acceptors (Lipinski definition) is 3. The molecule has 4 nitrogen and oxygen atoms in total. The van der Waals surface area contributed by atoms with Gasteiger partial charge in [0.1, 0.15) is 5.82 Å². The Morgan fingerprint density at radius 3 is 1.68 bits per heavy atom. The van der Waals surface area contributed by atoms with E-state index in [0.717, 1.165) is 59.0 Å². The number of aromatic nitrogens is 2. The molecule has 1 aliphatic heterocycles. The van der Waals surface area contributed by atoms with Gasteiger partial charge in [0, 0.05) is 47.5 Å². The van der Waals surface area contributed by atoms with Crippen LogP contribution in [0.2, 0.25) is 10.0 Å². The van der Waals surface area contributed by atoms with E-state index in [4.69, 9.17) is 28.2 Å². The van der Waals surface area contributed by atoms with E-state index in [-0.39, 0.29) is 49.3 Å². The first-order chi connectivity index (χ1) is 17.0. The molecule has 3 aromatic carbocycles. The number of nitrogens with one attached hydrogen (secondary N) is 1. The molecule has 1 atom stereocenters. The summed E-state index contributed by atoms with van der Waals surface area (Å²) in [5.41, 5.74) is 5.87. The predicted molar refractivity (Wildman–Crippen MR) is 167 cm³/mol. The van der Waals surface area contributed by atoms with Gasteiger partial charge in [-0.15, -0.1) is 37.2 Å². The summed E-state index contributed by atoms with van der Waals surface area (Å²) in [5.74, 6) is 0.939. The van der Waals surface area contributed by atoms with E-state index in [9.17, 15) is 0 Å². The fourth-order valence-electron chi connectivity index (χ4n) is 5.07. The van der Waals surface area contributed by atoms with Crippen LogP contribution in [0.25, 0.3) is 11.4 Å². The van der Waals surface area contributed by atoms with Crippen molar-refractivity contribution < 1.29 is 0 Å². The molecule has 1 aromatic heterocycles. The number of benzene rings is 3. The van der Waals surface area contributed by atoms with E-state index in [2.05, 4.69) is 65.0 Å². The molecule has 1 saturated heterocycles. The summed E-state index contributed by atoms with van der Waals surface area (Å²) in [5, 5.41) is 1.51. The third kappa shape index (κ3) is 7.25. The highest BCUT2D eigenvalue weighted by Crippen LogP contribution is 2.33. The van der Waals surface area contributed by atoms with E-state index < -0.39 is 0 Å². The highest BCUT2D eigenvalue weighted by atomic mass is 35.5. The highest BCUT2D eigenvalue weighted by molar-refractivity contribution is 6.30. The van der Waals surface area contributed by atoms with E-state index in [1.807, 2.05) is 42.5 Å². The summed E-state index contributed by atoms with van der Waals surface area (Å²) in [4.78, 5) is 13.6. The Labute approximate surface area is 254 Å². The molecule has 0 aliphatic carbocycles. The number of piperazine rings is 1. The normalized spacial score (nSPS) is 14.8. The van der Waals surface area contributed by atoms with Gasteiger partial charge < -0.3 is 4.98 Å². The standard InChI is InChI=1S/C29H30Cl2N4.3ClH/c1-20-27(33-29(32-20)24-6-4-3-5-7-24)21(2)34-16-18-35(19-17-34)28(22-8-12-25(30)13-9-22)23-10-14-26(31)15-11-23;;;/h3-15,21,28H,16-19H2,1-2H3,(H,32,33);3*1H. The van der Waals surface area contributed by atoms with Crippen LogP contribution in [-0.4, -0.2) is 45.9 Å². The van der Waals surface area contributed by atoms with Gasteiger partial charge in [-0.25, -0.2) is 4.98 Å². The van der Waals surface area contributed by atoms with Crippen molar-refractivity contribution in [2.24, 2.45) is 0 Å². The molecular weight excluding hydrogens is 582 g/mol. The average Bonchev–Trinajstić information content (AvgIpc) is 3.28. The number of rotatable bonds is 6. The molecule has 0 amide bonds. The lowest BCUT2D eigenvalue weighted by Crippen LogP contribution is -2.48. The Bertz CT molecular complexity index is 1210. The lowest BCUT2D eigenvalue weighted by Gasteiger charge is -2.41. The van der Waals surface area contributed by atoms with E-state index in [0.29, 0.717) is 0 Å². The van der Waals surface area contributed by atoms with Crippen LogP contribution in [0.5, 0.6) is 0 Å². The average molecular weight is 615 g/mol. The Morgan fingerprint density at radius 1 is 0.711 bits per heavy atom. The van der Waals surface area contributed by atoms with Gasteiger partial charge in [0.2, 0.25) is 0 Å². The molecular formula is C29H33Cl5N4. The molecule has 0 saturated carbocycles. The van der Waals surface area contributed by atoms with Gasteiger partial charge in [-0.05, 0) is 49.2 Å². The van der Waals surface area contributed by atoms with Gasteiger partial charge in [0.05, 0.1) is 17.8 Å². The van der Waals surface area contributed by atoms with Crippen molar-refractivity contribution in [2.75, 3.05) is 26.2 Å². The van der Waals surface area contributed by atoms with Crippen LogP contribution in [-0.2, 0) is 0 Å².